The molecular weight excluding hydrogens is 342 g/mol. The third-order valence-corrected chi connectivity index (χ3v) is 4.42. The number of oxime groups is 1. The van der Waals surface area contributed by atoms with Gasteiger partial charge in [-0.15, -0.1) is 0 Å². The second-order valence-corrected chi connectivity index (χ2v) is 6.49. The molecular formula is C21H23N3O3. The molecule has 1 aliphatic heterocycles. The number of fused-ring (bicyclic) bond motifs is 1. The summed E-state index contributed by atoms with van der Waals surface area (Å²) in [5, 5.41) is 6.77. The summed E-state index contributed by atoms with van der Waals surface area (Å²) >= 11 is 0. The molecule has 3 rings (SSSR count). The normalized spacial score (nSPS) is 13.7. The van der Waals surface area contributed by atoms with E-state index in [4.69, 9.17) is 4.84 Å². The molecule has 1 N–H and O–H groups in total. The number of rotatable bonds is 5. The average molecular weight is 365 g/mol. The first-order chi connectivity index (χ1) is 13.0. The van der Waals surface area contributed by atoms with Crippen LogP contribution in [0.4, 0.5) is 11.4 Å². The Bertz CT molecular complexity index is 859. The van der Waals surface area contributed by atoms with Crippen LogP contribution in [0.15, 0.2) is 53.7 Å². The topological polar surface area (TPSA) is 71.0 Å². The Morgan fingerprint density at radius 1 is 1.11 bits per heavy atom. The zero-order valence-electron chi connectivity index (χ0n) is 15.6. The summed E-state index contributed by atoms with van der Waals surface area (Å²) in [6, 6.07) is 15.2. The van der Waals surface area contributed by atoms with Gasteiger partial charge in [0.05, 0.1) is 5.71 Å². The van der Waals surface area contributed by atoms with Crippen molar-refractivity contribution in [3.05, 3.63) is 59.7 Å². The number of nitrogens with one attached hydrogen (secondary N) is 1. The molecule has 2 amide bonds. The van der Waals surface area contributed by atoms with Gasteiger partial charge in [0, 0.05) is 24.8 Å². The third kappa shape index (κ3) is 4.73. The molecule has 0 unspecified atom stereocenters. The van der Waals surface area contributed by atoms with Crippen LogP contribution < -0.4 is 10.2 Å². The quantitative estimate of drug-likeness (QED) is 0.652. The van der Waals surface area contributed by atoms with Crippen molar-refractivity contribution in [3.63, 3.8) is 0 Å². The van der Waals surface area contributed by atoms with Crippen LogP contribution in [0.1, 0.15) is 31.4 Å². The highest BCUT2D eigenvalue weighted by atomic mass is 16.6. The smallest absolute Gasteiger partial charge is 0.267 e. The minimum absolute atomic E-state index is 0.0975. The van der Waals surface area contributed by atoms with Crippen molar-refractivity contribution in [2.75, 3.05) is 23.4 Å². The van der Waals surface area contributed by atoms with Gasteiger partial charge >= 0.3 is 0 Å². The average Bonchev–Trinajstić information content (AvgIpc) is 2.67. The van der Waals surface area contributed by atoms with Crippen molar-refractivity contribution in [1.29, 1.82) is 0 Å². The Hall–Kier alpha value is -3.15. The van der Waals surface area contributed by atoms with Gasteiger partial charge in [0.25, 0.3) is 5.91 Å². The Balaban J connectivity index is 1.58. The fourth-order valence-electron chi connectivity index (χ4n) is 3.11. The van der Waals surface area contributed by atoms with Crippen LogP contribution >= 0.6 is 0 Å². The van der Waals surface area contributed by atoms with Crippen molar-refractivity contribution < 1.29 is 14.4 Å². The lowest BCUT2D eigenvalue weighted by Gasteiger charge is -2.29. The highest BCUT2D eigenvalue weighted by Crippen LogP contribution is 2.26. The van der Waals surface area contributed by atoms with E-state index < -0.39 is 0 Å². The summed E-state index contributed by atoms with van der Waals surface area (Å²) in [6.45, 7) is 3.88. The van der Waals surface area contributed by atoms with Gasteiger partial charge < -0.3 is 15.1 Å². The molecule has 0 atom stereocenters. The van der Waals surface area contributed by atoms with Gasteiger partial charge in [0.1, 0.15) is 0 Å². The van der Waals surface area contributed by atoms with E-state index in [-0.39, 0.29) is 18.4 Å². The molecule has 27 heavy (non-hydrogen) atoms. The van der Waals surface area contributed by atoms with Crippen LogP contribution in [0.2, 0.25) is 0 Å². The van der Waals surface area contributed by atoms with Crippen LogP contribution in [0, 0.1) is 0 Å². The predicted molar refractivity (Wildman–Crippen MR) is 106 cm³/mol. The molecule has 1 heterocycles. The highest BCUT2D eigenvalue weighted by molar-refractivity contribution is 5.99. The molecule has 2 aromatic carbocycles. The van der Waals surface area contributed by atoms with Crippen molar-refractivity contribution in [3.8, 4) is 0 Å². The van der Waals surface area contributed by atoms with Crippen molar-refractivity contribution in [1.82, 2.24) is 0 Å². The summed E-state index contributed by atoms with van der Waals surface area (Å²) in [5.41, 5.74) is 4.40. The Morgan fingerprint density at radius 2 is 1.85 bits per heavy atom. The minimum atomic E-state index is -0.116. The van der Waals surface area contributed by atoms with Gasteiger partial charge in [-0.25, -0.2) is 0 Å². The number of para-hydroxylation sites is 1. The first-order valence-corrected chi connectivity index (χ1v) is 8.97. The molecule has 0 spiro atoms. The van der Waals surface area contributed by atoms with Gasteiger partial charge in [0.15, 0.2) is 6.61 Å². The number of carbonyl (C=O) groups is 2. The number of aryl methyl sites for hydroxylation is 1. The number of hydrogen-bond acceptors (Lipinski definition) is 4. The molecule has 0 saturated heterocycles. The monoisotopic (exact) mass is 365 g/mol. The lowest BCUT2D eigenvalue weighted by Crippen LogP contribution is -2.37. The molecule has 1 aliphatic rings. The molecule has 6 heteroatoms. The maximum Gasteiger partial charge on any atom is 0.267 e. The molecule has 2 aromatic rings. The number of benzene rings is 2. The summed E-state index contributed by atoms with van der Waals surface area (Å²) < 4.78 is 0. The third-order valence-electron chi connectivity index (χ3n) is 4.42. The van der Waals surface area contributed by atoms with Gasteiger partial charge in [0.2, 0.25) is 5.91 Å². The number of hydrogen-bond donors (Lipinski definition) is 1. The molecule has 0 fully saturated rings. The number of amides is 2. The molecule has 0 bridgehead atoms. The number of nitrogens with zero attached hydrogens (tertiary/aromatic N) is 2. The summed E-state index contributed by atoms with van der Waals surface area (Å²) in [6.07, 6.45) is 1.94. The minimum Gasteiger partial charge on any atom is -0.385 e. The second kappa shape index (κ2) is 8.49. The standard InChI is InChI=1S/C21H23N3O3/c1-15(17-9-11-19(12-10-17)22-16(2)25)23-27-14-21(26)24-13-5-7-18-6-3-4-8-20(18)24/h3-4,6,8-12H,5,7,13-14H2,1-2H3,(H,22,25). The highest BCUT2D eigenvalue weighted by Gasteiger charge is 2.22. The molecule has 140 valence electrons. The largest absolute Gasteiger partial charge is 0.385 e. The Kier molecular flexibility index (Phi) is 5.86. The van der Waals surface area contributed by atoms with E-state index in [1.54, 1.807) is 17.0 Å². The zero-order valence-corrected chi connectivity index (χ0v) is 15.6. The first-order valence-electron chi connectivity index (χ1n) is 8.97. The van der Waals surface area contributed by atoms with Crippen LogP contribution in [0.3, 0.4) is 0 Å². The number of carbonyl (C=O) groups excluding carboxylic acids is 2. The second-order valence-electron chi connectivity index (χ2n) is 6.49. The number of anilines is 2. The van der Waals surface area contributed by atoms with Gasteiger partial charge in [-0.1, -0.05) is 35.5 Å². The van der Waals surface area contributed by atoms with Crippen LogP contribution in [-0.4, -0.2) is 30.7 Å². The predicted octanol–water partition coefficient (Wildman–Crippen LogP) is 3.37. The van der Waals surface area contributed by atoms with Crippen molar-refractivity contribution >= 4 is 28.9 Å². The molecule has 0 saturated carbocycles. The zero-order chi connectivity index (χ0) is 19.2. The lowest BCUT2D eigenvalue weighted by atomic mass is 10.0. The Labute approximate surface area is 158 Å². The SMILES string of the molecule is CC(=O)Nc1ccc(C(C)=NOCC(=O)N2CCCc3ccccc32)cc1. The first kappa shape index (κ1) is 18.6. The van der Waals surface area contributed by atoms with Gasteiger partial charge in [-0.3, -0.25) is 9.59 Å². The lowest BCUT2D eigenvalue weighted by molar-refractivity contribution is -0.123. The van der Waals surface area contributed by atoms with E-state index in [9.17, 15) is 9.59 Å². The van der Waals surface area contributed by atoms with E-state index in [0.717, 1.165) is 29.8 Å². The fourth-order valence-corrected chi connectivity index (χ4v) is 3.11. The van der Waals surface area contributed by atoms with E-state index in [2.05, 4.69) is 16.5 Å². The van der Waals surface area contributed by atoms with E-state index >= 15 is 0 Å². The van der Waals surface area contributed by atoms with Gasteiger partial charge in [-0.2, -0.15) is 0 Å². The van der Waals surface area contributed by atoms with Crippen LogP contribution in [-0.2, 0) is 20.8 Å². The summed E-state index contributed by atoms with van der Waals surface area (Å²) in [5.74, 6) is -0.214. The van der Waals surface area contributed by atoms with Crippen LogP contribution in [0.25, 0.3) is 0 Å². The summed E-state index contributed by atoms with van der Waals surface area (Å²) in [7, 11) is 0. The van der Waals surface area contributed by atoms with Crippen molar-refractivity contribution in [2.24, 2.45) is 5.16 Å². The fraction of sp³-hybridized carbons (Fsp3) is 0.286. The maximum atomic E-state index is 12.5. The van der Waals surface area contributed by atoms with Gasteiger partial charge in [-0.05, 0) is 49.1 Å². The molecule has 0 radical (unpaired) electrons. The van der Waals surface area contributed by atoms with Crippen molar-refractivity contribution in [2.45, 2.75) is 26.7 Å². The van der Waals surface area contributed by atoms with E-state index in [1.807, 2.05) is 37.3 Å². The van der Waals surface area contributed by atoms with E-state index in [1.165, 1.54) is 12.5 Å². The van der Waals surface area contributed by atoms with Crippen LogP contribution in [0.5, 0.6) is 0 Å². The maximum absolute atomic E-state index is 12.5. The van der Waals surface area contributed by atoms with E-state index in [0.29, 0.717) is 12.3 Å². The molecule has 0 aromatic heterocycles. The summed E-state index contributed by atoms with van der Waals surface area (Å²) in [4.78, 5) is 30.6. The molecule has 6 nitrogen and oxygen atoms in total. The molecule has 0 aliphatic carbocycles. The Morgan fingerprint density at radius 3 is 2.59 bits per heavy atom.